The van der Waals surface area contributed by atoms with Gasteiger partial charge >= 0.3 is 0 Å². The second kappa shape index (κ2) is 7.79. The molecule has 1 amide bonds. The number of hydrogen-bond acceptors (Lipinski definition) is 5. The van der Waals surface area contributed by atoms with E-state index in [1.54, 1.807) is 17.2 Å². The maximum atomic E-state index is 13.5. The lowest BCUT2D eigenvalue weighted by atomic mass is 10.0. The molecule has 0 saturated heterocycles. The number of aryl methyl sites for hydroxylation is 1. The van der Waals surface area contributed by atoms with Crippen LogP contribution >= 0.6 is 0 Å². The zero-order valence-corrected chi connectivity index (χ0v) is 17.0. The van der Waals surface area contributed by atoms with Gasteiger partial charge in [-0.25, -0.2) is 0 Å². The number of fused-ring (bicyclic) bond motifs is 2. The Hall–Kier alpha value is -2.99. The second-order valence-corrected chi connectivity index (χ2v) is 7.67. The summed E-state index contributed by atoms with van der Waals surface area (Å²) in [6, 6.07) is 10.6. The van der Waals surface area contributed by atoms with Gasteiger partial charge in [0, 0.05) is 12.7 Å². The van der Waals surface area contributed by atoms with E-state index in [0.29, 0.717) is 28.8 Å². The van der Waals surface area contributed by atoms with Crippen molar-refractivity contribution in [1.29, 1.82) is 0 Å². The van der Waals surface area contributed by atoms with Gasteiger partial charge in [-0.05, 0) is 63.3 Å². The summed E-state index contributed by atoms with van der Waals surface area (Å²) < 4.78 is 5.98. The Balaban J connectivity index is 1.87. The third-order valence-corrected chi connectivity index (χ3v) is 5.41. The molecule has 0 bridgehead atoms. The first-order chi connectivity index (χ1) is 14.0. The highest BCUT2D eigenvalue weighted by atomic mass is 16.3. The normalized spacial score (nSPS) is 16.1. The smallest absolute Gasteiger partial charge is 0.290 e. The van der Waals surface area contributed by atoms with Crippen molar-refractivity contribution in [1.82, 2.24) is 14.8 Å². The van der Waals surface area contributed by atoms with E-state index in [-0.39, 0.29) is 17.1 Å². The Morgan fingerprint density at radius 2 is 2.00 bits per heavy atom. The molecule has 0 radical (unpaired) electrons. The van der Waals surface area contributed by atoms with Gasteiger partial charge in [0.2, 0.25) is 5.76 Å². The Kier molecular flexibility index (Phi) is 5.20. The van der Waals surface area contributed by atoms with Gasteiger partial charge in [-0.3, -0.25) is 14.6 Å². The number of hydrogen-bond donors (Lipinski definition) is 0. The largest absolute Gasteiger partial charge is 0.450 e. The number of carbonyl (C=O) groups excluding carboxylic acids is 1. The first kappa shape index (κ1) is 19.3. The molecule has 0 spiro atoms. The molecule has 1 aliphatic heterocycles. The molecule has 1 atom stereocenters. The molecule has 1 aliphatic rings. The third kappa shape index (κ3) is 3.44. The molecule has 6 heteroatoms. The van der Waals surface area contributed by atoms with Crippen molar-refractivity contribution in [2.45, 2.75) is 25.8 Å². The van der Waals surface area contributed by atoms with E-state index in [9.17, 15) is 9.59 Å². The van der Waals surface area contributed by atoms with Crippen molar-refractivity contribution in [2.75, 3.05) is 27.2 Å². The van der Waals surface area contributed by atoms with Crippen molar-refractivity contribution < 1.29 is 9.21 Å². The Bertz CT molecular complexity index is 1110. The van der Waals surface area contributed by atoms with Crippen LogP contribution in [0.2, 0.25) is 0 Å². The van der Waals surface area contributed by atoms with E-state index in [0.717, 1.165) is 24.9 Å². The molecular formula is C23H25N3O3. The Labute approximate surface area is 169 Å². The van der Waals surface area contributed by atoms with Crippen LogP contribution in [0.3, 0.4) is 0 Å². The van der Waals surface area contributed by atoms with Crippen LogP contribution in [-0.4, -0.2) is 47.9 Å². The van der Waals surface area contributed by atoms with Crippen LogP contribution in [-0.2, 0) is 6.42 Å². The maximum absolute atomic E-state index is 13.5. The summed E-state index contributed by atoms with van der Waals surface area (Å²) in [6.45, 7) is 3.42. The van der Waals surface area contributed by atoms with Crippen LogP contribution in [0.25, 0.3) is 11.0 Å². The average Bonchev–Trinajstić information content (AvgIpc) is 3.00. The zero-order valence-electron chi connectivity index (χ0n) is 17.0. The molecule has 2 aromatic heterocycles. The van der Waals surface area contributed by atoms with Gasteiger partial charge in [-0.1, -0.05) is 19.1 Å². The van der Waals surface area contributed by atoms with Crippen LogP contribution in [0.15, 0.2) is 51.8 Å². The lowest BCUT2D eigenvalue weighted by molar-refractivity contribution is 0.0720. The minimum atomic E-state index is -0.521. The number of pyridine rings is 1. The molecule has 1 unspecified atom stereocenters. The predicted octanol–water partition coefficient (Wildman–Crippen LogP) is 3.25. The summed E-state index contributed by atoms with van der Waals surface area (Å²) in [7, 11) is 4.00. The van der Waals surface area contributed by atoms with Gasteiger partial charge in [0.15, 0.2) is 5.43 Å². The summed E-state index contributed by atoms with van der Waals surface area (Å²) in [4.78, 5) is 35.0. The van der Waals surface area contributed by atoms with Gasteiger partial charge in [-0.15, -0.1) is 0 Å². The number of amides is 1. The molecule has 3 aromatic rings. The van der Waals surface area contributed by atoms with E-state index in [4.69, 9.17) is 4.42 Å². The molecule has 1 aromatic carbocycles. The highest BCUT2D eigenvalue weighted by molar-refractivity contribution is 5.99. The van der Waals surface area contributed by atoms with E-state index in [1.807, 2.05) is 51.4 Å². The topological polar surface area (TPSA) is 66.7 Å². The molecule has 0 fully saturated rings. The average molecular weight is 391 g/mol. The molecular weight excluding hydrogens is 366 g/mol. The van der Waals surface area contributed by atoms with Gasteiger partial charge < -0.3 is 14.2 Å². The molecule has 29 heavy (non-hydrogen) atoms. The highest BCUT2D eigenvalue weighted by Gasteiger charge is 2.43. The second-order valence-electron chi connectivity index (χ2n) is 7.67. The molecule has 0 aliphatic carbocycles. The van der Waals surface area contributed by atoms with Crippen LogP contribution < -0.4 is 5.43 Å². The summed E-state index contributed by atoms with van der Waals surface area (Å²) in [5.74, 6) is -0.0970. The summed E-state index contributed by atoms with van der Waals surface area (Å²) >= 11 is 0. The summed E-state index contributed by atoms with van der Waals surface area (Å²) in [5.41, 5.74) is 2.46. The quantitative estimate of drug-likeness (QED) is 0.645. The van der Waals surface area contributed by atoms with Crippen molar-refractivity contribution in [2.24, 2.45) is 0 Å². The highest BCUT2D eigenvalue weighted by Crippen LogP contribution is 2.37. The van der Waals surface area contributed by atoms with Crippen molar-refractivity contribution in [3.05, 3.63) is 75.4 Å². The fourth-order valence-electron chi connectivity index (χ4n) is 3.92. The summed E-state index contributed by atoms with van der Waals surface area (Å²) in [6.07, 6.45) is 3.31. The fraction of sp³-hybridized carbons (Fsp3) is 0.348. The van der Waals surface area contributed by atoms with Crippen molar-refractivity contribution >= 4 is 16.9 Å². The number of carbonyl (C=O) groups is 1. The first-order valence-corrected chi connectivity index (χ1v) is 9.97. The van der Waals surface area contributed by atoms with Crippen molar-refractivity contribution in [3.8, 4) is 0 Å². The van der Waals surface area contributed by atoms with Crippen LogP contribution in [0.1, 0.15) is 46.8 Å². The predicted molar refractivity (Wildman–Crippen MR) is 112 cm³/mol. The maximum Gasteiger partial charge on any atom is 0.290 e. The van der Waals surface area contributed by atoms with Crippen LogP contribution in [0, 0.1) is 0 Å². The van der Waals surface area contributed by atoms with Gasteiger partial charge in [-0.2, -0.15) is 0 Å². The third-order valence-electron chi connectivity index (χ3n) is 5.41. The van der Waals surface area contributed by atoms with Crippen LogP contribution in [0.5, 0.6) is 0 Å². The van der Waals surface area contributed by atoms with Crippen LogP contribution in [0.4, 0.5) is 0 Å². The monoisotopic (exact) mass is 391 g/mol. The zero-order chi connectivity index (χ0) is 20.5. The van der Waals surface area contributed by atoms with Crippen molar-refractivity contribution in [3.63, 3.8) is 0 Å². The van der Waals surface area contributed by atoms with Gasteiger partial charge in [0.05, 0.1) is 16.6 Å². The van der Waals surface area contributed by atoms with E-state index in [1.165, 1.54) is 0 Å². The minimum Gasteiger partial charge on any atom is -0.450 e. The van der Waals surface area contributed by atoms with E-state index < -0.39 is 6.04 Å². The molecule has 4 rings (SSSR count). The molecule has 150 valence electrons. The van der Waals surface area contributed by atoms with E-state index >= 15 is 0 Å². The minimum absolute atomic E-state index is 0.143. The van der Waals surface area contributed by atoms with E-state index in [2.05, 4.69) is 9.88 Å². The molecule has 0 saturated carbocycles. The fourth-order valence-corrected chi connectivity index (χ4v) is 3.92. The number of aromatic nitrogens is 1. The number of nitrogens with zero attached hydrogens (tertiary/aromatic N) is 3. The Morgan fingerprint density at radius 1 is 1.17 bits per heavy atom. The lowest BCUT2D eigenvalue weighted by Crippen LogP contribution is -2.32. The lowest BCUT2D eigenvalue weighted by Gasteiger charge is -2.24. The van der Waals surface area contributed by atoms with Gasteiger partial charge in [0.1, 0.15) is 11.6 Å². The Morgan fingerprint density at radius 3 is 2.69 bits per heavy atom. The number of benzene rings is 1. The SMILES string of the molecule is CCc1ccc2oc3c(c(=O)c2c1)C(c1ccccn1)N(CCCN(C)C)C3=O. The molecule has 6 nitrogen and oxygen atoms in total. The molecule has 3 heterocycles. The van der Waals surface area contributed by atoms with Gasteiger partial charge in [0.25, 0.3) is 5.91 Å². The summed E-state index contributed by atoms with van der Waals surface area (Å²) in [5, 5.41) is 0.520. The number of rotatable bonds is 6. The standard InChI is InChI=1S/C23H25N3O3/c1-4-15-9-10-18-16(14-15)21(27)19-20(17-8-5-6-11-24-17)26(13-7-12-25(2)3)23(28)22(19)29-18/h5-6,8-11,14,20H,4,7,12-13H2,1-3H3. The molecule has 0 N–H and O–H groups in total. The first-order valence-electron chi connectivity index (χ1n) is 9.97.